The summed E-state index contributed by atoms with van der Waals surface area (Å²) in [7, 11) is 0.576. The van der Waals surface area contributed by atoms with Crippen molar-refractivity contribution < 1.29 is 19.3 Å². The molecule has 13 heavy (non-hydrogen) atoms. The standard InChI is InChI=1S/C7H14BNO4/c1-8(11)9-7(6(10)12-2)3-4-13-5-7/h9,11H,3-5H2,1-2H3/t7-/m0/s1. The number of esters is 1. The van der Waals surface area contributed by atoms with Crippen molar-refractivity contribution in [3.05, 3.63) is 0 Å². The van der Waals surface area contributed by atoms with Gasteiger partial charge in [0.05, 0.1) is 13.7 Å². The summed E-state index contributed by atoms with van der Waals surface area (Å²) < 4.78 is 9.76. The summed E-state index contributed by atoms with van der Waals surface area (Å²) in [4.78, 5) is 11.4. The third-order valence-corrected chi connectivity index (χ3v) is 2.08. The molecule has 0 aromatic carbocycles. The molecule has 0 aromatic heterocycles. The zero-order valence-electron chi connectivity index (χ0n) is 7.87. The SMILES string of the molecule is COC(=O)[C@]1(NB(C)O)CCOC1. The Morgan fingerprint density at radius 2 is 2.46 bits per heavy atom. The minimum atomic E-state index is -0.858. The molecule has 0 unspecified atom stereocenters. The van der Waals surface area contributed by atoms with Gasteiger partial charge in [0.25, 0.3) is 0 Å². The minimum absolute atomic E-state index is 0.255. The van der Waals surface area contributed by atoms with Gasteiger partial charge in [-0.05, 0) is 6.82 Å². The largest absolute Gasteiger partial charge is 0.468 e. The Morgan fingerprint density at radius 3 is 2.85 bits per heavy atom. The molecule has 74 valence electrons. The van der Waals surface area contributed by atoms with Crippen molar-refractivity contribution in [1.29, 1.82) is 0 Å². The van der Waals surface area contributed by atoms with Gasteiger partial charge in [-0.1, -0.05) is 0 Å². The van der Waals surface area contributed by atoms with Gasteiger partial charge >= 0.3 is 13.0 Å². The molecule has 1 aliphatic heterocycles. The van der Waals surface area contributed by atoms with Crippen LogP contribution in [0.1, 0.15) is 6.42 Å². The summed E-state index contributed by atoms with van der Waals surface area (Å²) in [5, 5.41) is 11.9. The van der Waals surface area contributed by atoms with E-state index in [1.807, 2.05) is 0 Å². The molecule has 0 spiro atoms. The molecule has 6 heteroatoms. The van der Waals surface area contributed by atoms with Crippen LogP contribution in [0, 0.1) is 0 Å². The van der Waals surface area contributed by atoms with Crippen LogP contribution < -0.4 is 5.23 Å². The molecule has 1 saturated heterocycles. The summed E-state index contributed by atoms with van der Waals surface area (Å²) in [6.07, 6.45) is 0.532. The predicted octanol–water partition coefficient (Wildman–Crippen LogP) is -0.982. The molecule has 0 radical (unpaired) electrons. The second-order valence-corrected chi connectivity index (χ2v) is 3.20. The third kappa shape index (κ3) is 2.21. The first kappa shape index (κ1) is 10.5. The van der Waals surface area contributed by atoms with Crippen LogP contribution in [0.2, 0.25) is 6.82 Å². The lowest BCUT2D eigenvalue weighted by Crippen LogP contribution is -2.58. The highest BCUT2D eigenvalue weighted by Crippen LogP contribution is 2.20. The first-order valence-corrected chi connectivity index (χ1v) is 4.23. The maximum atomic E-state index is 11.4. The Bertz CT molecular complexity index is 191. The van der Waals surface area contributed by atoms with Gasteiger partial charge in [0.1, 0.15) is 5.54 Å². The third-order valence-electron chi connectivity index (χ3n) is 2.08. The molecule has 1 atom stereocenters. The number of hydrogen-bond acceptors (Lipinski definition) is 5. The number of hydrogen-bond donors (Lipinski definition) is 2. The molecule has 1 rings (SSSR count). The first-order valence-electron chi connectivity index (χ1n) is 4.23. The first-order chi connectivity index (χ1) is 6.10. The average molecular weight is 187 g/mol. The second-order valence-electron chi connectivity index (χ2n) is 3.20. The quantitative estimate of drug-likeness (QED) is 0.439. The van der Waals surface area contributed by atoms with Gasteiger partial charge in [0.15, 0.2) is 0 Å². The van der Waals surface area contributed by atoms with E-state index in [1.165, 1.54) is 7.11 Å². The van der Waals surface area contributed by atoms with Crippen molar-refractivity contribution in [2.45, 2.75) is 18.8 Å². The number of carbonyl (C=O) groups is 1. The molecule has 0 aliphatic carbocycles. The fourth-order valence-corrected chi connectivity index (χ4v) is 1.49. The molecular weight excluding hydrogens is 173 g/mol. The fraction of sp³-hybridized carbons (Fsp3) is 0.857. The lowest BCUT2D eigenvalue weighted by Gasteiger charge is -2.26. The number of ether oxygens (including phenoxy) is 2. The summed E-state index contributed by atoms with van der Waals surface area (Å²) in [6.45, 7) is 2.32. The van der Waals surface area contributed by atoms with Gasteiger partial charge in [0, 0.05) is 13.0 Å². The summed E-state index contributed by atoms with van der Waals surface area (Å²) in [5.41, 5.74) is -0.858. The highest BCUT2D eigenvalue weighted by atomic mass is 16.5. The van der Waals surface area contributed by atoms with E-state index < -0.39 is 12.6 Å². The van der Waals surface area contributed by atoms with Gasteiger partial charge in [0.2, 0.25) is 0 Å². The number of nitrogens with one attached hydrogen (secondary N) is 1. The predicted molar refractivity (Wildman–Crippen MR) is 47.2 cm³/mol. The van der Waals surface area contributed by atoms with E-state index in [-0.39, 0.29) is 12.6 Å². The van der Waals surface area contributed by atoms with E-state index in [2.05, 4.69) is 9.96 Å². The zero-order valence-corrected chi connectivity index (χ0v) is 7.87. The molecule has 1 fully saturated rings. The highest BCUT2D eigenvalue weighted by molar-refractivity contribution is 6.46. The molecule has 2 N–H and O–H groups in total. The maximum Gasteiger partial charge on any atom is 0.374 e. The molecule has 0 saturated carbocycles. The topological polar surface area (TPSA) is 67.8 Å². The second kappa shape index (κ2) is 4.08. The van der Waals surface area contributed by atoms with Gasteiger partial charge in [-0.3, -0.25) is 4.79 Å². The van der Waals surface area contributed by atoms with E-state index in [0.717, 1.165) is 0 Å². The molecule has 0 amide bonds. The molecule has 0 bridgehead atoms. The number of carbonyl (C=O) groups excluding carboxylic acids is 1. The summed E-state index contributed by atoms with van der Waals surface area (Å²) in [5.74, 6) is -0.383. The van der Waals surface area contributed by atoms with Crippen molar-refractivity contribution >= 4 is 13.0 Å². The van der Waals surface area contributed by atoms with Gasteiger partial charge in [-0.2, -0.15) is 0 Å². The van der Waals surface area contributed by atoms with E-state index in [1.54, 1.807) is 6.82 Å². The Hall–Kier alpha value is -0.585. The van der Waals surface area contributed by atoms with E-state index in [0.29, 0.717) is 13.0 Å². The Morgan fingerprint density at radius 1 is 1.77 bits per heavy atom. The van der Waals surface area contributed by atoms with Crippen molar-refractivity contribution in [2.75, 3.05) is 20.3 Å². The van der Waals surface area contributed by atoms with Crippen molar-refractivity contribution in [2.24, 2.45) is 0 Å². The fourth-order valence-electron chi connectivity index (χ4n) is 1.49. The van der Waals surface area contributed by atoms with Crippen LogP contribution >= 0.6 is 0 Å². The normalized spacial score (nSPS) is 27.3. The Labute approximate surface area is 77.5 Å². The minimum Gasteiger partial charge on any atom is -0.468 e. The Kier molecular flexibility index (Phi) is 3.30. The van der Waals surface area contributed by atoms with Gasteiger partial charge in [-0.25, -0.2) is 0 Å². The van der Waals surface area contributed by atoms with Crippen molar-refractivity contribution in [1.82, 2.24) is 5.23 Å². The molecule has 1 heterocycles. The molecule has 1 aliphatic rings. The molecular formula is C7H14BNO4. The Balaban J connectivity index is 2.68. The smallest absolute Gasteiger partial charge is 0.374 e. The number of rotatable bonds is 3. The van der Waals surface area contributed by atoms with Crippen LogP contribution in [0.4, 0.5) is 0 Å². The van der Waals surface area contributed by atoms with Crippen LogP contribution in [0.15, 0.2) is 0 Å². The number of methoxy groups -OCH3 is 1. The van der Waals surface area contributed by atoms with Crippen LogP contribution in [-0.2, 0) is 14.3 Å². The lowest BCUT2D eigenvalue weighted by molar-refractivity contribution is -0.147. The maximum absolute atomic E-state index is 11.4. The monoisotopic (exact) mass is 187 g/mol. The summed E-state index contributed by atoms with van der Waals surface area (Å²) >= 11 is 0. The van der Waals surface area contributed by atoms with Crippen LogP contribution in [0.25, 0.3) is 0 Å². The van der Waals surface area contributed by atoms with Gasteiger partial charge < -0.3 is 19.7 Å². The van der Waals surface area contributed by atoms with Crippen LogP contribution in [0.5, 0.6) is 0 Å². The van der Waals surface area contributed by atoms with E-state index >= 15 is 0 Å². The zero-order chi connectivity index (χ0) is 9.90. The van der Waals surface area contributed by atoms with E-state index in [4.69, 9.17) is 9.76 Å². The lowest BCUT2D eigenvalue weighted by atomic mass is 9.82. The highest BCUT2D eigenvalue weighted by Gasteiger charge is 2.44. The molecule has 5 nitrogen and oxygen atoms in total. The summed E-state index contributed by atoms with van der Waals surface area (Å²) in [6, 6.07) is 0. The average Bonchev–Trinajstić information content (AvgIpc) is 2.51. The van der Waals surface area contributed by atoms with Crippen molar-refractivity contribution in [3.8, 4) is 0 Å². The molecule has 0 aromatic rings. The van der Waals surface area contributed by atoms with Gasteiger partial charge in [-0.15, -0.1) is 0 Å². The van der Waals surface area contributed by atoms with Crippen LogP contribution in [-0.4, -0.2) is 43.9 Å². The van der Waals surface area contributed by atoms with E-state index in [9.17, 15) is 4.79 Å². The van der Waals surface area contributed by atoms with Crippen LogP contribution in [0.3, 0.4) is 0 Å². The van der Waals surface area contributed by atoms with Crippen molar-refractivity contribution in [3.63, 3.8) is 0 Å².